The van der Waals surface area contributed by atoms with Gasteiger partial charge in [0, 0.05) is 18.5 Å². The third kappa shape index (κ3) is 2.54. The van der Waals surface area contributed by atoms with Crippen LogP contribution in [-0.2, 0) is 10.0 Å². The van der Waals surface area contributed by atoms with Crippen LogP contribution >= 0.6 is 0 Å². The highest BCUT2D eigenvalue weighted by Gasteiger charge is 2.05. The van der Waals surface area contributed by atoms with Crippen LogP contribution in [0.25, 0.3) is 5.82 Å². The van der Waals surface area contributed by atoms with E-state index in [0.29, 0.717) is 5.82 Å². The highest BCUT2D eigenvalue weighted by molar-refractivity contribution is 7.92. The van der Waals surface area contributed by atoms with Crippen molar-refractivity contribution in [3.63, 3.8) is 0 Å². The molecule has 16 heavy (non-hydrogen) atoms. The predicted molar refractivity (Wildman–Crippen MR) is 57.6 cm³/mol. The van der Waals surface area contributed by atoms with Crippen molar-refractivity contribution >= 4 is 15.8 Å². The molecule has 0 bridgehead atoms. The van der Waals surface area contributed by atoms with Crippen LogP contribution in [-0.4, -0.2) is 34.2 Å². The van der Waals surface area contributed by atoms with Crippen LogP contribution < -0.4 is 4.72 Å². The van der Waals surface area contributed by atoms with Crippen molar-refractivity contribution in [1.82, 2.24) is 19.5 Å². The van der Waals surface area contributed by atoms with Crippen molar-refractivity contribution in [3.8, 4) is 5.82 Å². The third-order valence-corrected chi connectivity index (χ3v) is 2.29. The Bertz CT molecular complexity index is 578. The van der Waals surface area contributed by atoms with Crippen molar-refractivity contribution in [3.05, 3.63) is 31.1 Å². The Morgan fingerprint density at radius 3 is 2.81 bits per heavy atom. The van der Waals surface area contributed by atoms with E-state index in [1.807, 2.05) is 0 Å². The first kappa shape index (κ1) is 10.6. The van der Waals surface area contributed by atoms with Crippen LogP contribution in [0.4, 0.5) is 5.82 Å². The molecule has 2 rings (SSSR count). The average molecular weight is 239 g/mol. The van der Waals surface area contributed by atoms with Crippen LogP contribution in [0.3, 0.4) is 0 Å². The quantitative estimate of drug-likeness (QED) is 0.816. The summed E-state index contributed by atoms with van der Waals surface area (Å²) >= 11 is 0. The second-order valence-corrected chi connectivity index (χ2v) is 4.85. The molecule has 0 aliphatic rings. The van der Waals surface area contributed by atoms with Crippen molar-refractivity contribution in [2.45, 2.75) is 0 Å². The maximum absolute atomic E-state index is 11.0. The summed E-state index contributed by atoms with van der Waals surface area (Å²) in [6.07, 6.45) is 7.21. The van der Waals surface area contributed by atoms with Gasteiger partial charge in [-0.3, -0.25) is 9.29 Å². The maximum atomic E-state index is 11.0. The number of imidazole rings is 1. The zero-order valence-electron chi connectivity index (χ0n) is 8.40. The van der Waals surface area contributed by atoms with Crippen molar-refractivity contribution in [2.24, 2.45) is 0 Å². The summed E-state index contributed by atoms with van der Waals surface area (Å²) in [5, 5.41) is 0. The summed E-state index contributed by atoms with van der Waals surface area (Å²) in [4.78, 5) is 11.7. The van der Waals surface area contributed by atoms with Crippen LogP contribution in [0.5, 0.6) is 0 Å². The lowest BCUT2D eigenvalue weighted by Gasteiger charge is -2.04. The fourth-order valence-corrected chi connectivity index (χ4v) is 1.62. The molecule has 0 radical (unpaired) electrons. The standard InChI is InChI=1S/C8H9N5O2S/c1-16(14,15)12-7-4-8(11-5-10-7)13-3-2-9-6-13/h2-6H,1H3,(H,10,11,12). The largest absolute Gasteiger partial charge is 0.290 e. The second-order valence-electron chi connectivity index (χ2n) is 3.11. The van der Waals surface area contributed by atoms with Gasteiger partial charge in [-0.15, -0.1) is 0 Å². The predicted octanol–water partition coefficient (Wildman–Crippen LogP) is 0.0338. The second kappa shape index (κ2) is 3.89. The van der Waals surface area contributed by atoms with E-state index < -0.39 is 10.0 Å². The molecule has 0 spiro atoms. The molecular weight excluding hydrogens is 230 g/mol. The SMILES string of the molecule is CS(=O)(=O)Nc1cc(-n2ccnc2)ncn1. The number of sulfonamides is 1. The van der Waals surface area contributed by atoms with Gasteiger partial charge in [0.1, 0.15) is 24.3 Å². The lowest BCUT2D eigenvalue weighted by atomic mass is 10.5. The normalized spacial score (nSPS) is 11.3. The Kier molecular flexibility index (Phi) is 2.57. The van der Waals surface area contributed by atoms with Gasteiger partial charge in [-0.05, 0) is 0 Å². The minimum Gasteiger partial charge on any atom is -0.290 e. The van der Waals surface area contributed by atoms with Crippen LogP contribution in [0.2, 0.25) is 0 Å². The zero-order chi connectivity index (χ0) is 11.6. The molecule has 0 saturated heterocycles. The zero-order valence-corrected chi connectivity index (χ0v) is 9.22. The maximum Gasteiger partial charge on any atom is 0.230 e. The Labute approximate surface area is 92.2 Å². The molecule has 7 nitrogen and oxygen atoms in total. The summed E-state index contributed by atoms with van der Waals surface area (Å²) in [6.45, 7) is 0. The molecule has 0 saturated carbocycles. The summed E-state index contributed by atoms with van der Waals surface area (Å²) in [7, 11) is -3.33. The highest BCUT2D eigenvalue weighted by atomic mass is 32.2. The van der Waals surface area contributed by atoms with Gasteiger partial charge < -0.3 is 0 Å². The Hall–Kier alpha value is -1.96. The van der Waals surface area contributed by atoms with Gasteiger partial charge in [-0.1, -0.05) is 0 Å². The molecule has 8 heteroatoms. The molecule has 0 fully saturated rings. The summed E-state index contributed by atoms with van der Waals surface area (Å²) < 4.78 is 25.9. The van der Waals surface area contributed by atoms with E-state index in [4.69, 9.17) is 0 Å². The van der Waals surface area contributed by atoms with E-state index in [2.05, 4.69) is 19.7 Å². The molecule has 0 amide bonds. The van der Waals surface area contributed by atoms with E-state index in [1.165, 1.54) is 12.4 Å². The topological polar surface area (TPSA) is 89.8 Å². The van der Waals surface area contributed by atoms with Crippen LogP contribution in [0.1, 0.15) is 0 Å². The van der Waals surface area contributed by atoms with Crippen LogP contribution in [0.15, 0.2) is 31.1 Å². The molecule has 2 heterocycles. The first-order valence-corrected chi connectivity index (χ1v) is 6.22. The molecule has 0 atom stereocenters. The van der Waals surface area contributed by atoms with Crippen molar-refractivity contribution < 1.29 is 8.42 Å². The van der Waals surface area contributed by atoms with Gasteiger partial charge in [0.05, 0.1) is 6.26 Å². The van der Waals surface area contributed by atoms with Gasteiger partial charge >= 0.3 is 0 Å². The molecule has 0 aromatic carbocycles. The number of rotatable bonds is 3. The Balaban J connectivity index is 2.34. The van der Waals surface area contributed by atoms with Crippen molar-refractivity contribution in [2.75, 3.05) is 11.0 Å². The number of nitrogens with zero attached hydrogens (tertiary/aromatic N) is 4. The number of anilines is 1. The van der Waals surface area contributed by atoms with E-state index >= 15 is 0 Å². The molecular formula is C8H9N5O2S. The Morgan fingerprint density at radius 1 is 1.38 bits per heavy atom. The summed E-state index contributed by atoms with van der Waals surface area (Å²) in [5.41, 5.74) is 0. The first-order valence-electron chi connectivity index (χ1n) is 4.33. The van der Waals surface area contributed by atoms with Crippen molar-refractivity contribution in [1.29, 1.82) is 0 Å². The number of hydrogen-bond acceptors (Lipinski definition) is 5. The lowest BCUT2D eigenvalue weighted by Crippen LogP contribution is -2.11. The van der Waals surface area contributed by atoms with Gasteiger partial charge in [0.25, 0.3) is 0 Å². The van der Waals surface area contributed by atoms with Gasteiger partial charge in [0.15, 0.2) is 0 Å². The summed E-state index contributed by atoms with van der Waals surface area (Å²) in [6, 6.07) is 1.52. The average Bonchev–Trinajstić information content (AvgIpc) is 2.68. The minimum atomic E-state index is -3.33. The lowest BCUT2D eigenvalue weighted by molar-refractivity contribution is 0.606. The third-order valence-electron chi connectivity index (χ3n) is 1.71. The van der Waals surface area contributed by atoms with Gasteiger partial charge in [-0.25, -0.2) is 23.4 Å². The van der Waals surface area contributed by atoms with E-state index in [1.54, 1.807) is 23.3 Å². The molecule has 2 aromatic heterocycles. The molecule has 1 N–H and O–H groups in total. The first-order chi connectivity index (χ1) is 7.54. The monoisotopic (exact) mass is 239 g/mol. The number of nitrogens with one attached hydrogen (secondary N) is 1. The van der Waals surface area contributed by atoms with Crippen LogP contribution in [0, 0.1) is 0 Å². The minimum absolute atomic E-state index is 0.223. The highest BCUT2D eigenvalue weighted by Crippen LogP contribution is 2.09. The van der Waals surface area contributed by atoms with Gasteiger partial charge in [0.2, 0.25) is 10.0 Å². The van der Waals surface area contributed by atoms with E-state index in [9.17, 15) is 8.42 Å². The molecule has 0 aliphatic heterocycles. The molecule has 2 aromatic rings. The fraction of sp³-hybridized carbons (Fsp3) is 0.125. The van der Waals surface area contributed by atoms with Gasteiger partial charge in [-0.2, -0.15) is 0 Å². The Morgan fingerprint density at radius 2 is 2.19 bits per heavy atom. The molecule has 84 valence electrons. The smallest absolute Gasteiger partial charge is 0.230 e. The summed E-state index contributed by atoms with van der Waals surface area (Å²) in [5.74, 6) is 0.764. The molecule has 0 aliphatic carbocycles. The number of aromatic nitrogens is 4. The molecule has 0 unspecified atom stereocenters. The number of hydrogen-bond donors (Lipinski definition) is 1. The fourth-order valence-electron chi connectivity index (χ4n) is 1.13. The van der Waals surface area contributed by atoms with E-state index in [-0.39, 0.29) is 5.82 Å². The van der Waals surface area contributed by atoms with E-state index in [0.717, 1.165) is 6.26 Å².